The molecule has 1 aliphatic rings. The number of aliphatic hydroxyl groups is 1. The summed E-state index contributed by atoms with van der Waals surface area (Å²) >= 11 is 6.40. The van der Waals surface area contributed by atoms with E-state index in [1.807, 2.05) is 0 Å². The topological polar surface area (TPSA) is 29.5 Å². The average molecular weight is 255 g/mol. The Morgan fingerprint density at radius 1 is 1.29 bits per heavy atom. The molecule has 0 aromatic heterocycles. The molecule has 1 N–H and O–H groups in total. The number of hydrogen-bond donors (Lipinski definition) is 1. The lowest BCUT2D eigenvalue weighted by Crippen LogP contribution is -2.19. The summed E-state index contributed by atoms with van der Waals surface area (Å²) in [6.07, 6.45) is 4.43. The monoisotopic (exact) mass is 254 g/mol. The summed E-state index contributed by atoms with van der Waals surface area (Å²) in [4.78, 5) is 0. The molecule has 0 bridgehead atoms. The molecule has 0 spiro atoms. The number of hydrogen-bond acceptors (Lipinski definition) is 2. The van der Waals surface area contributed by atoms with Gasteiger partial charge < -0.3 is 9.84 Å². The molecule has 17 heavy (non-hydrogen) atoms. The van der Waals surface area contributed by atoms with Crippen molar-refractivity contribution in [1.82, 2.24) is 0 Å². The minimum atomic E-state index is -0.929. The van der Waals surface area contributed by atoms with Gasteiger partial charge in [0.15, 0.2) is 0 Å². The number of methoxy groups -OCH3 is 1. The lowest BCUT2D eigenvalue weighted by atomic mass is 9.86. The van der Waals surface area contributed by atoms with Gasteiger partial charge in [-0.05, 0) is 56.7 Å². The molecule has 2 rings (SSSR count). The first-order valence-electron chi connectivity index (χ1n) is 6.06. The van der Waals surface area contributed by atoms with E-state index in [4.69, 9.17) is 16.3 Å². The second-order valence-corrected chi connectivity index (χ2v) is 5.55. The van der Waals surface area contributed by atoms with Gasteiger partial charge in [-0.15, -0.1) is 0 Å². The number of rotatable bonds is 2. The van der Waals surface area contributed by atoms with Gasteiger partial charge in [0.05, 0.1) is 17.7 Å². The second kappa shape index (κ2) is 4.51. The Morgan fingerprint density at radius 3 is 2.53 bits per heavy atom. The van der Waals surface area contributed by atoms with E-state index in [0.29, 0.717) is 10.8 Å². The first kappa shape index (κ1) is 12.7. The molecule has 3 heteroatoms. The van der Waals surface area contributed by atoms with Crippen LogP contribution in [-0.4, -0.2) is 12.2 Å². The van der Waals surface area contributed by atoms with Crippen LogP contribution in [0.25, 0.3) is 0 Å². The molecule has 1 aromatic carbocycles. The highest BCUT2D eigenvalue weighted by Gasteiger charge is 2.27. The SMILES string of the molecule is COc1c(C(C)(C)O)cc2c(c1Cl)CCCC2. The van der Waals surface area contributed by atoms with E-state index in [2.05, 4.69) is 6.07 Å². The van der Waals surface area contributed by atoms with E-state index < -0.39 is 5.60 Å². The summed E-state index contributed by atoms with van der Waals surface area (Å²) in [7, 11) is 1.60. The normalized spacial score (nSPS) is 15.6. The highest BCUT2D eigenvalue weighted by atomic mass is 35.5. The first-order valence-corrected chi connectivity index (χ1v) is 6.44. The zero-order valence-electron chi connectivity index (χ0n) is 10.6. The summed E-state index contributed by atoms with van der Waals surface area (Å²) in [5, 5.41) is 10.9. The van der Waals surface area contributed by atoms with Crippen LogP contribution in [-0.2, 0) is 18.4 Å². The molecule has 94 valence electrons. The average Bonchev–Trinajstić information content (AvgIpc) is 2.28. The molecule has 1 aromatic rings. The van der Waals surface area contributed by atoms with Crippen molar-refractivity contribution in [3.63, 3.8) is 0 Å². The van der Waals surface area contributed by atoms with Crippen molar-refractivity contribution >= 4 is 11.6 Å². The smallest absolute Gasteiger partial charge is 0.143 e. The van der Waals surface area contributed by atoms with Gasteiger partial charge in [-0.25, -0.2) is 0 Å². The standard InChI is InChI=1S/C14H19ClO2/c1-14(2,16)11-8-9-6-4-5-7-10(9)12(15)13(11)17-3/h8,16H,4-7H2,1-3H3. The van der Waals surface area contributed by atoms with Crippen LogP contribution >= 0.6 is 11.6 Å². The number of ether oxygens (including phenoxy) is 1. The van der Waals surface area contributed by atoms with Gasteiger partial charge in [0.25, 0.3) is 0 Å². The van der Waals surface area contributed by atoms with Crippen LogP contribution in [0.2, 0.25) is 5.02 Å². The molecular weight excluding hydrogens is 236 g/mol. The van der Waals surface area contributed by atoms with Crippen LogP contribution in [0.15, 0.2) is 6.07 Å². The Kier molecular flexibility index (Phi) is 3.37. The summed E-state index contributed by atoms with van der Waals surface area (Å²) in [5.41, 5.74) is 2.31. The molecule has 2 nitrogen and oxygen atoms in total. The molecule has 0 radical (unpaired) electrons. The predicted octanol–water partition coefficient (Wildman–Crippen LogP) is 3.45. The van der Waals surface area contributed by atoms with Crippen LogP contribution in [0, 0.1) is 0 Å². The molecular formula is C14H19ClO2. The molecule has 0 saturated heterocycles. The van der Waals surface area contributed by atoms with Gasteiger partial charge in [-0.2, -0.15) is 0 Å². The van der Waals surface area contributed by atoms with Gasteiger partial charge in [0, 0.05) is 5.56 Å². The summed E-state index contributed by atoms with van der Waals surface area (Å²) in [6, 6.07) is 2.05. The van der Waals surface area contributed by atoms with E-state index in [1.165, 1.54) is 24.0 Å². The molecule has 0 amide bonds. The Labute approximate surface area is 108 Å². The number of benzene rings is 1. The van der Waals surface area contributed by atoms with Gasteiger partial charge in [-0.1, -0.05) is 11.6 Å². The van der Waals surface area contributed by atoms with Crippen molar-refractivity contribution in [2.24, 2.45) is 0 Å². The Balaban J connectivity index is 2.64. The maximum Gasteiger partial charge on any atom is 0.143 e. The van der Waals surface area contributed by atoms with Crippen molar-refractivity contribution in [2.45, 2.75) is 45.1 Å². The molecule has 0 fully saturated rings. The first-order chi connectivity index (χ1) is 7.95. The molecule has 0 atom stereocenters. The second-order valence-electron chi connectivity index (χ2n) is 5.18. The van der Waals surface area contributed by atoms with E-state index in [0.717, 1.165) is 18.4 Å². The predicted molar refractivity (Wildman–Crippen MR) is 69.9 cm³/mol. The van der Waals surface area contributed by atoms with Gasteiger partial charge in [-0.3, -0.25) is 0 Å². The molecule has 0 aliphatic heterocycles. The van der Waals surface area contributed by atoms with E-state index in [9.17, 15) is 5.11 Å². The van der Waals surface area contributed by atoms with Crippen LogP contribution in [0.4, 0.5) is 0 Å². The molecule has 1 aliphatic carbocycles. The lowest BCUT2D eigenvalue weighted by Gasteiger charge is -2.26. The summed E-state index contributed by atoms with van der Waals surface area (Å²) in [6.45, 7) is 3.52. The van der Waals surface area contributed by atoms with Crippen molar-refractivity contribution in [3.05, 3.63) is 27.8 Å². The molecule has 0 heterocycles. The fourth-order valence-electron chi connectivity index (χ4n) is 2.49. The number of aryl methyl sites for hydroxylation is 1. The quantitative estimate of drug-likeness (QED) is 0.876. The van der Waals surface area contributed by atoms with Crippen LogP contribution in [0.5, 0.6) is 5.75 Å². The minimum absolute atomic E-state index is 0.625. The maximum atomic E-state index is 10.2. The highest BCUT2D eigenvalue weighted by Crippen LogP contribution is 2.41. The van der Waals surface area contributed by atoms with Crippen molar-refractivity contribution in [2.75, 3.05) is 7.11 Å². The van der Waals surface area contributed by atoms with Crippen LogP contribution < -0.4 is 4.74 Å². The Hall–Kier alpha value is -0.730. The van der Waals surface area contributed by atoms with Crippen molar-refractivity contribution in [1.29, 1.82) is 0 Å². The van der Waals surface area contributed by atoms with E-state index in [-0.39, 0.29) is 0 Å². The zero-order valence-corrected chi connectivity index (χ0v) is 11.4. The maximum absolute atomic E-state index is 10.2. The number of fused-ring (bicyclic) bond motifs is 1. The van der Waals surface area contributed by atoms with Crippen LogP contribution in [0.3, 0.4) is 0 Å². The fraction of sp³-hybridized carbons (Fsp3) is 0.571. The van der Waals surface area contributed by atoms with Gasteiger partial charge in [0.1, 0.15) is 5.75 Å². The van der Waals surface area contributed by atoms with E-state index >= 15 is 0 Å². The Morgan fingerprint density at radius 2 is 1.94 bits per heavy atom. The third-order valence-corrected chi connectivity index (χ3v) is 3.80. The van der Waals surface area contributed by atoms with Crippen molar-refractivity contribution < 1.29 is 9.84 Å². The van der Waals surface area contributed by atoms with Gasteiger partial charge in [0.2, 0.25) is 0 Å². The number of halogens is 1. The third-order valence-electron chi connectivity index (χ3n) is 3.40. The summed E-state index contributed by atoms with van der Waals surface area (Å²) in [5.74, 6) is 0.625. The zero-order chi connectivity index (χ0) is 12.6. The molecule has 0 saturated carbocycles. The molecule has 0 unspecified atom stereocenters. The third kappa shape index (κ3) is 2.29. The van der Waals surface area contributed by atoms with Crippen molar-refractivity contribution in [3.8, 4) is 5.75 Å². The van der Waals surface area contributed by atoms with Crippen LogP contribution in [0.1, 0.15) is 43.4 Å². The summed E-state index contributed by atoms with van der Waals surface area (Å²) < 4.78 is 5.38. The fourth-order valence-corrected chi connectivity index (χ4v) is 2.88. The van der Waals surface area contributed by atoms with Gasteiger partial charge >= 0.3 is 0 Å². The highest BCUT2D eigenvalue weighted by molar-refractivity contribution is 6.33. The lowest BCUT2D eigenvalue weighted by molar-refractivity contribution is 0.0755. The largest absolute Gasteiger partial charge is 0.495 e. The Bertz CT molecular complexity index is 433. The minimum Gasteiger partial charge on any atom is -0.495 e. The van der Waals surface area contributed by atoms with E-state index in [1.54, 1.807) is 21.0 Å².